The molecule has 1 aliphatic carbocycles. The summed E-state index contributed by atoms with van der Waals surface area (Å²) in [6.45, 7) is 4.31. The first-order valence-electron chi connectivity index (χ1n) is 4.24. The van der Waals surface area contributed by atoms with Gasteiger partial charge < -0.3 is 5.11 Å². The summed E-state index contributed by atoms with van der Waals surface area (Å²) in [5.41, 5.74) is 2.35. The third-order valence-electron chi connectivity index (χ3n) is 2.64. The molecule has 1 unspecified atom stereocenters. The topological polar surface area (TPSA) is 33.1 Å². The number of fused-ring (bicyclic) bond motifs is 1. The third kappa shape index (κ3) is 0.950. The highest BCUT2D eigenvalue weighted by atomic mass is 16.3. The lowest BCUT2D eigenvalue weighted by Crippen LogP contribution is -2.12. The van der Waals surface area contributed by atoms with Gasteiger partial charge in [-0.2, -0.15) is 0 Å². The van der Waals surface area contributed by atoms with Crippen molar-refractivity contribution in [3.8, 4) is 0 Å². The van der Waals surface area contributed by atoms with E-state index in [9.17, 15) is 5.11 Å². The van der Waals surface area contributed by atoms with Crippen molar-refractivity contribution in [2.75, 3.05) is 0 Å². The van der Waals surface area contributed by atoms with Crippen LogP contribution in [-0.4, -0.2) is 10.1 Å². The quantitative estimate of drug-likeness (QED) is 0.632. The SMILES string of the molecule is CC1(C)CC(O)c2cnccc21. The number of hydrogen-bond donors (Lipinski definition) is 1. The molecular weight excluding hydrogens is 150 g/mol. The predicted octanol–water partition coefficient (Wildman–Crippen LogP) is 1.80. The fourth-order valence-corrected chi connectivity index (χ4v) is 1.99. The van der Waals surface area contributed by atoms with Gasteiger partial charge in [0, 0.05) is 18.0 Å². The van der Waals surface area contributed by atoms with Gasteiger partial charge >= 0.3 is 0 Å². The van der Waals surface area contributed by atoms with Crippen LogP contribution in [-0.2, 0) is 5.41 Å². The number of hydrogen-bond acceptors (Lipinski definition) is 2. The molecule has 2 heteroatoms. The van der Waals surface area contributed by atoms with Crippen LogP contribution in [0.1, 0.15) is 37.5 Å². The molecule has 2 rings (SSSR count). The molecular formula is C10H13NO. The summed E-state index contributed by atoms with van der Waals surface area (Å²) in [4.78, 5) is 4.01. The Labute approximate surface area is 72.3 Å². The second-order valence-corrected chi connectivity index (χ2v) is 4.07. The van der Waals surface area contributed by atoms with E-state index in [2.05, 4.69) is 18.8 Å². The molecule has 0 spiro atoms. The molecule has 0 saturated carbocycles. The molecule has 64 valence electrons. The number of aliphatic hydroxyl groups is 1. The average molecular weight is 163 g/mol. The number of aromatic nitrogens is 1. The van der Waals surface area contributed by atoms with Crippen LogP contribution in [0.15, 0.2) is 18.5 Å². The molecule has 0 amide bonds. The minimum absolute atomic E-state index is 0.109. The highest BCUT2D eigenvalue weighted by Crippen LogP contribution is 2.43. The van der Waals surface area contributed by atoms with Gasteiger partial charge in [0.15, 0.2) is 0 Å². The second kappa shape index (κ2) is 2.30. The lowest BCUT2D eigenvalue weighted by Gasteiger charge is -2.17. The van der Waals surface area contributed by atoms with Crippen LogP contribution in [0.4, 0.5) is 0 Å². The fraction of sp³-hybridized carbons (Fsp3) is 0.500. The Kier molecular flexibility index (Phi) is 1.48. The minimum Gasteiger partial charge on any atom is -0.388 e. The minimum atomic E-state index is -0.316. The van der Waals surface area contributed by atoms with E-state index < -0.39 is 0 Å². The average Bonchev–Trinajstić information content (AvgIpc) is 2.25. The van der Waals surface area contributed by atoms with Crippen molar-refractivity contribution in [3.05, 3.63) is 29.6 Å². The van der Waals surface area contributed by atoms with Crippen molar-refractivity contribution < 1.29 is 5.11 Å². The highest BCUT2D eigenvalue weighted by Gasteiger charge is 2.35. The van der Waals surface area contributed by atoms with Gasteiger partial charge in [0.25, 0.3) is 0 Å². The van der Waals surface area contributed by atoms with Crippen LogP contribution in [0.5, 0.6) is 0 Å². The molecule has 1 aliphatic rings. The van der Waals surface area contributed by atoms with Crippen LogP contribution in [0.2, 0.25) is 0 Å². The zero-order valence-electron chi connectivity index (χ0n) is 7.41. The summed E-state index contributed by atoms with van der Waals surface area (Å²) < 4.78 is 0. The van der Waals surface area contributed by atoms with E-state index in [1.165, 1.54) is 5.56 Å². The van der Waals surface area contributed by atoms with E-state index >= 15 is 0 Å². The molecule has 0 saturated heterocycles. The van der Waals surface area contributed by atoms with E-state index in [4.69, 9.17) is 0 Å². The fourth-order valence-electron chi connectivity index (χ4n) is 1.99. The first kappa shape index (κ1) is 7.74. The van der Waals surface area contributed by atoms with Crippen LogP contribution >= 0.6 is 0 Å². The number of aliphatic hydroxyl groups excluding tert-OH is 1. The maximum atomic E-state index is 9.68. The molecule has 0 radical (unpaired) electrons. The lowest BCUT2D eigenvalue weighted by atomic mass is 9.87. The maximum Gasteiger partial charge on any atom is 0.0816 e. The largest absolute Gasteiger partial charge is 0.388 e. The Morgan fingerprint density at radius 3 is 3.00 bits per heavy atom. The Morgan fingerprint density at radius 1 is 1.58 bits per heavy atom. The number of rotatable bonds is 0. The maximum absolute atomic E-state index is 9.68. The molecule has 2 nitrogen and oxygen atoms in total. The zero-order valence-corrected chi connectivity index (χ0v) is 7.41. The molecule has 1 aromatic rings. The summed E-state index contributed by atoms with van der Waals surface area (Å²) in [5, 5.41) is 9.68. The van der Waals surface area contributed by atoms with Crippen LogP contribution in [0.3, 0.4) is 0 Å². The number of pyridine rings is 1. The van der Waals surface area contributed by atoms with Crippen LogP contribution < -0.4 is 0 Å². The van der Waals surface area contributed by atoms with E-state index in [-0.39, 0.29) is 11.5 Å². The van der Waals surface area contributed by atoms with Gasteiger partial charge in [0.05, 0.1) is 6.10 Å². The predicted molar refractivity (Wildman–Crippen MR) is 46.8 cm³/mol. The summed E-state index contributed by atoms with van der Waals surface area (Å²) in [7, 11) is 0. The van der Waals surface area contributed by atoms with Crippen molar-refractivity contribution in [2.24, 2.45) is 0 Å². The lowest BCUT2D eigenvalue weighted by molar-refractivity contribution is 0.161. The Balaban J connectivity index is 2.58. The van der Waals surface area contributed by atoms with Crippen molar-refractivity contribution in [1.82, 2.24) is 4.98 Å². The smallest absolute Gasteiger partial charge is 0.0816 e. The Bertz CT molecular complexity index is 306. The molecule has 1 aromatic heterocycles. The van der Waals surface area contributed by atoms with E-state index in [1.54, 1.807) is 12.4 Å². The Morgan fingerprint density at radius 2 is 2.33 bits per heavy atom. The van der Waals surface area contributed by atoms with Crippen LogP contribution in [0.25, 0.3) is 0 Å². The van der Waals surface area contributed by atoms with Gasteiger partial charge in [-0.1, -0.05) is 13.8 Å². The van der Waals surface area contributed by atoms with E-state index in [1.807, 2.05) is 6.07 Å². The van der Waals surface area contributed by atoms with Crippen molar-refractivity contribution in [2.45, 2.75) is 31.8 Å². The van der Waals surface area contributed by atoms with Crippen molar-refractivity contribution in [3.63, 3.8) is 0 Å². The monoisotopic (exact) mass is 163 g/mol. The Hall–Kier alpha value is -0.890. The van der Waals surface area contributed by atoms with E-state index in [0.29, 0.717) is 0 Å². The molecule has 1 atom stereocenters. The third-order valence-corrected chi connectivity index (χ3v) is 2.64. The van der Waals surface area contributed by atoms with Gasteiger partial charge in [-0.15, -0.1) is 0 Å². The first-order valence-corrected chi connectivity index (χ1v) is 4.24. The first-order chi connectivity index (χ1) is 5.61. The standard InChI is InChI=1S/C10H13NO/c1-10(2)5-9(12)7-6-11-4-3-8(7)10/h3-4,6,9,12H,5H2,1-2H3. The van der Waals surface area contributed by atoms with Crippen molar-refractivity contribution in [1.29, 1.82) is 0 Å². The summed E-state index contributed by atoms with van der Waals surface area (Å²) in [6.07, 6.45) is 4.06. The normalized spacial score (nSPS) is 25.4. The van der Waals surface area contributed by atoms with Gasteiger partial charge in [-0.05, 0) is 23.5 Å². The summed E-state index contributed by atoms with van der Waals surface area (Å²) >= 11 is 0. The van der Waals surface area contributed by atoms with Crippen molar-refractivity contribution >= 4 is 0 Å². The second-order valence-electron chi connectivity index (χ2n) is 4.07. The van der Waals surface area contributed by atoms with E-state index in [0.717, 1.165) is 12.0 Å². The van der Waals surface area contributed by atoms with Gasteiger partial charge in [0.1, 0.15) is 0 Å². The molecule has 12 heavy (non-hydrogen) atoms. The van der Waals surface area contributed by atoms with Gasteiger partial charge in [-0.25, -0.2) is 0 Å². The molecule has 0 bridgehead atoms. The molecule has 0 aliphatic heterocycles. The summed E-state index contributed by atoms with van der Waals surface area (Å²) in [5.74, 6) is 0. The summed E-state index contributed by atoms with van der Waals surface area (Å²) in [6, 6.07) is 2.01. The van der Waals surface area contributed by atoms with Gasteiger partial charge in [0.2, 0.25) is 0 Å². The van der Waals surface area contributed by atoms with Gasteiger partial charge in [-0.3, -0.25) is 4.98 Å². The number of nitrogens with zero attached hydrogens (tertiary/aromatic N) is 1. The molecule has 1 N–H and O–H groups in total. The molecule has 0 fully saturated rings. The molecule has 0 aromatic carbocycles. The zero-order chi connectivity index (χ0) is 8.77. The van der Waals surface area contributed by atoms with Crippen LogP contribution in [0, 0.1) is 0 Å². The highest BCUT2D eigenvalue weighted by molar-refractivity contribution is 5.37. The molecule has 1 heterocycles.